The molecule has 0 saturated carbocycles. The van der Waals surface area contributed by atoms with Gasteiger partial charge in [-0.25, -0.2) is 9.89 Å². The van der Waals surface area contributed by atoms with E-state index >= 15 is 0 Å². The molecule has 0 amide bonds. The van der Waals surface area contributed by atoms with E-state index in [0.717, 1.165) is 12.0 Å². The second-order valence-electron chi connectivity index (χ2n) is 4.95. The van der Waals surface area contributed by atoms with E-state index in [1.165, 1.54) is 11.8 Å². The summed E-state index contributed by atoms with van der Waals surface area (Å²) >= 11 is 1.31. The van der Waals surface area contributed by atoms with Crippen LogP contribution in [0.3, 0.4) is 0 Å². The number of aryl methyl sites for hydroxylation is 1. The van der Waals surface area contributed by atoms with E-state index in [4.69, 9.17) is 0 Å². The fraction of sp³-hybridized carbons (Fsp3) is 0.400. The molecule has 1 N–H and O–H groups in total. The van der Waals surface area contributed by atoms with Crippen molar-refractivity contribution in [1.82, 2.24) is 14.8 Å². The van der Waals surface area contributed by atoms with Crippen molar-refractivity contribution < 1.29 is 4.79 Å². The van der Waals surface area contributed by atoms with Crippen LogP contribution in [0.2, 0.25) is 0 Å². The van der Waals surface area contributed by atoms with Gasteiger partial charge in [-0.05, 0) is 20.3 Å². The van der Waals surface area contributed by atoms with Gasteiger partial charge in [-0.1, -0.05) is 48.5 Å². The van der Waals surface area contributed by atoms with Crippen LogP contribution in [0.5, 0.6) is 0 Å². The highest BCUT2D eigenvalue weighted by molar-refractivity contribution is 8.00. The van der Waals surface area contributed by atoms with Gasteiger partial charge in [-0.3, -0.25) is 9.36 Å². The van der Waals surface area contributed by atoms with E-state index in [2.05, 4.69) is 10.2 Å². The van der Waals surface area contributed by atoms with Gasteiger partial charge in [0.05, 0.1) is 5.25 Å². The number of H-pyrrole nitrogens is 1. The molecule has 0 saturated heterocycles. The fourth-order valence-electron chi connectivity index (χ4n) is 1.98. The van der Waals surface area contributed by atoms with Crippen LogP contribution in [0, 0.1) is 6.92 Å². The lowest BCUT2D eigenvalue weighted by Crippen LogP contribution is -2.19. The normalized spacial score (nSPS) is 12.3. The minimum Gasteiger partial charge on any atom is -0.293 e. The van der Waals surface area contributed by atoms with Gasteiger partial charge < -0.3 is 0 Å². The maximum Gasteiger partial charge on any atom is 0.343 e. The molecule has 1 aromatic heterocycles. The molecular formula is C15H19N3O2S. The number of hydrogen-bond donors (Lipinski definition) is 1. The second-order valence-corrected chi connectivity index (χ2v) is 6.26. The molecule has 0 aliphatic rings. The monoisotopic (exact) mass is 305 g/mol. The summed E-state index contributed by atoms with van der Waals surface area (Å²) in [6.07, 6.45) is 0.841. The number of nitrogens with one attached hydrogen (secondary N) is 1. The average Bonchev–Trinajstić information content (AvgIpc) is 2.81. The Kier molecular flexibility index (Phi) is 5.01. The zero-order valence-corrected chi connectivity index (χ0v) is 13.2. The Morgan fingerprint density at radius 1 is 1.38 bits per heavy atom. The van der Waals surface area contributed by atoms with Gasteiger partial charge in [0.15, 0.2) is 10.9 Å². The number of benzene rings is 1. The van der Waals surface area contributed by atoms with Crippen LogP contribution >= 0.6 is 11.8 Å². The topological polar surface area (TPSA) is 67.8 Å². The Morgan fingerprint density at radius 3 is 2.67 bits per heavy atom. The van der Waals surface area contributed by atoms with Gasteiger partial charge in [-0.15, -0.1) is 5.10 Å². The van der Waals surface area contributed by atoms with E-state index in [1.54, 1.807) is 4.57 Å². The van der Waals surface area contributed by atoms with E-state index < -0.39 is 0 Å². The summed E-state index contributed by atoms with van der Waals surface area (Å²) in [5.41, 5.74) is 1.57. The number of carbonyl (C=O) groups is 1. The van der Waals surface area contributed by atoms with Crippen molar-refractivity contribution in [2.24, 2.45) is 0 Å². The number of aromatic amines is 1. The summed E-state index contributed by atoms with van der Waals surface area (Å²) in [6, 6.07) is 7.51. The highest BCUT2D eigenvalue weighted by Crippen LogP contribution is 2.23. The zero-order valence-electron chi connectivity index (χ0n) is 12.4. The van der Waals surface area contributed by atoms with Crippen LogP contribution in [0.4, 0.5) is 0 Å². The predicted octanol–water partition coefficient (Wildman–Crippen LogP) is 2.65. The Bertz CT molecular complexity index is 673. The standard InChI is InChI=1S/C15H19N3O2S/c1-4-9-18-14(20)16-17-15(18)21-11(3)13(19)12-7-5-10(2)6-8-12/h5-8,11H,4,9H2,1-3H3,(H,16,20). The average molecular weight is 305 g/mol. The quantitative estimate of drug-likeness (QED) is 0.658. The summed E-state index contributed by atoms with van der Waals surface area (Å²) in [6.45, 7) is 6.42. The Morgan fingerprint density at radius 2 is 2.05 bits per heavy atom. The SMILES string of the molecule is CCCn1c(SC(C)C(=O)c2ccc(C)cc2)n[nH]c1=O. The lowest BCUT2D eigenvalue weighted by molar-refractivity contribution is 0.0994. The number of Topliss-reactive ketones (excluding diaryl/α,β-unsaturated/α-hetero) is 1. The fourth-order valence-corrected chi connectivity index (χ4v) is 2.94. The molecule has 0 spiro atoms. The van der Waals surface area contributed by atoms with Crippen LogP contribution in [-0.2, 0) is 6.54 Å². The summed E-state index contributed by atoms with van der Waals surface area (Å²) in [5, 5.41) is 6.71. The van der Waals surface area contributed by atoms with Crippen molar-refractivity contribution in [3.8, 4) is 0 Å². The van der Waals surface area contributed by atoms with Gasteiger partial charge >= 0.3 is 5.69 Å². The number of ketones is 1. The molecule has 1 aromatic carbocycles. The Hall–Kier alpha value is -1.82. The molecule has 0 fully saturated rings. The molecule has 6 heteroatoms. The molecule has 0 bridgehead atoms. The maximum atomic E-state index is 12.4. The van der Waals surface area contributed by atoms with Gasteiger partial charge in [0.25, 0.3) is 0 Å². The van der Waals surface area contributed by atoms with Gasteiger partial charge in [0.1, 0.15) is 0 Å². The van der Waals surface area contributed by atoms with Gasteiger partial charge in [0.2, 0.25) is 0 Å². The molecule has 1 unspecified atom stereocenters. The van der Waals surface area contributed by atoms with Gasteiger partial charge in [-0.2, -0.15) is 0 Å². The van der Waals surface area contributed by atoms with E-state index in [-0.39, 0.29) is 16.7 Å². The number of nitrogens with zero attached hydrogens (tertiary/aromatic N) is 2. The molecular weight excluding hydrogens is 286 g/mol. The summed E-state index contributed by atoms with van der Waals surface area (Å²) in [4.78, 5) is 24.0. The lowest BCUT2D eigenvalue weighted by atomic mass is 10.1. The van der Waals surface area contributed by atoms with Crippen molar-refractivity contribution in [3.63, 3.8) is 0 Å². The van der Waals surface area contributed by atoms with Gasteiger partial charge in [0, 0.05) is 12.1 Å². The molecule has 0 aliphatic carbocycles. The molecule has 0 aliphatic heterocycles. The number of hydrogen-bond acceptors (Lipinski definition) is 4. The third-order valence-corrected chi connectivity index (χ3v) is 4.25. The van der Waals surface area contributed by atoms with E-state index in [0.29, 0.717) is 17.3 Å². The highest BCUT2D eigenvalue weighted by Gasteiger charge is 2.20. The zero-order chi connectivity index (χ0) is 15.4. The van der Waals surface area contributed by atoms with Crippen LogP contribution < -0.4 is 5.69 Å². The van der Waals surface area contributed by atoms with Crippen molar-refractivity contribution in [2.45, 2.75) is 44.1 Å². The molecule has 2 rings (SSSR count). The first-order chi connectivity index (χ1) is 10.0. The van der Waals surface area contributed by atoms with Crippen molar-refractivity contribution in [2.75, 3.05) is 0 Å². The molecule has 0 radical (unpaired) electrons. The van der Waals surface area contributed by atoms with E-state index in [1.807, 2.05) is 45.0 Å². The van der Waals surface area contributed by atoms with Crippen LogP contribution in [0.1, 0.15) is 36.2 Å². The summed E-state index contributed by atoms with van der Waals surface area (Å²) in [7, 11) is 0. The molecule has 2 aromatic rings. The molecule has 1 heterocycles. The Balaban J connectivity index is 2.14. The smallest absolute Gasteiger partial charge is 0.293 e. The van der Waals surface area contributed by atoms with Crippen LogP contribution in [0.15, 0.2) is 34.2 Å². The minimum atomic E-state index is -0.293. The number of thioether (sulfide) groups is 1. The first-order valence-electron chi connectivity index (χ1n) is 6.95. The maximum absolute atomic E-state index is 12.4. The first kappa shape index (κ1) is 15.6. The van der Waals surface area contributed by atoms with Crippen molar-refractivity contribution >= 4 is 17.5 Å². The first-order valence-corrected chi connectivity index (χ1v) is 7.83. The van der Waals surface area contributed by atoms with Crippen molar-refractivity contribution in [1.29, 1.82) is 0 Å². The second kappa shape index (κ2) is 6.76. The summed E-state index contributed by atoms with van der Waals surface area (Å²) < 4.78 is 1.57. The van der Waals surface area contributed by atoms with Crippen molar-refractivity contribution in [3.05, 3.63) is 45.9 Å². The Labute approximate surface area is 127 Å². The molecule has 5 nitrogen and oxygen atoms in total. The number of aromatic nitrogens is 3. The minimum absolute atomic E-state index is 0.0403. The largest absolute Gasteiger partial charge is 0.343 e. The molecule has 112 valence electrons. The van der Waals surface area contributed by atoms with Crippen LogP contribution in [0.25, 0.3) is 0 Å². The van der Waals surface area contributed by atoms with E-state index in [9.17, 15) is 9.59 Å². The third kappa shape index (κ3) is 3.64. The third-order valence-electron chi connectivity index (χ3n) is 3.16. The number of rotatable bonds is 6. The predicted molar refractivity (Wildman–Crippen MR) is 84.0 cm³/mol. The van der Waals surface area contributed by atoms with Crippen LogP contribution in [-0.4, -0.2) is 25.8 Å². The summed E-state index contributed by atoms with van der Waals surface area (Å²) in [5.74, 6) is 0.0403. The number of carbonyl (C=O) groups excluding carboxylic acids is 1. The highest BCUT2D eigenvalue weighted by atomic mass is 32.2. The molecule has 21 heavy (non-hydrogen) atoms. The molecule has 1 atom stereocenters. The lowest BCUT2D eigenvalue weighted by Gasteiger charge is -2.10.